The van der Waals surface area contributed by atoms with Gasteiger partial charge in [0.1, 0.15) is 5.69 Å². The lowest BCUT2D eigenvalue weighted by Crippen LogP contribution is -2.32. The van der Waals surface area contributed by atoms with E-state index in [4.69, 9.17) is 0 Å². The van der Waals surface area contributed by atoms with Crippen LogP contribution in [0.1, 0.15) is 27.3 Å². The number of likely N-dealkylation sites (N-methyl/N-ethyl adjacent to an activating group) is 1. The maximum absolute atomic E-state index is 12.4. The van der Waals surface area contributed by atoms with Crippen LogP contribution in [-0.2, 0) is 19.5 Å². The zero-order valence-corrected chi connectivity index (χ0v) is 15.1. The van der Waals surface area contributed by atoms with Crippen molar-refractivity contribution in [3.63, 3.8) is 0 Å². The van der Waals surface area contributed by atoms with Crippen LogP contribution in [0.25, 0.3) is 11.3 Å². The van der Waals surface area contributed by atoms with Crippen LogP contribution < -0.4 is 10.9 Å². The number of aromatic nitrogens is 3. The van der Waals surface area contributed by atoms with Gasteiger partial charge < -0.3 is 15.2 Å². The molecule has 27 heavy (non-hydrogen) atoms. The van der Waals surface area contributed by atoms with Crippen molar-refractivity contribution in [3.05, 3.63) is 75.3 Å². The Balaban J connectivity index is 1.46. The molecule has 4 rings (SSSR count). The van der Waals surface area contributed by atoms with Crippen LogP contribution in [0.3, 0.4) is 0 Å². The van der Waals surface area contributed by atoms with Gasteiger partial charge in [0.25, 0.3) is 11.5 Å². The van der Waals surface area contributed by atoms with Crippen LogP contribution in [0.2, 0.25) is 0 Å². The number of rotatable bonds is 4. The number of hydrogen-bond acceptors (Lipinski definition) is 4. The van der Waals surface area contributed by atoms with E-state index in [0.717, 1.165) is 36.3 Å². The molecule has 0 radical (unpaired) electrons. The first kappa shape index (κ1) is 17.2. The van der Waals surface area contributed by atoms with Gasteiger partial charge in [-0.25, -0.2) is 0 Å². The van der Waals surface area contributed by atoms with Crippen molar-refractivity contribution in [3.8, 4) is 11.3 Å². The number of aromatic amines is 2. The Kier molecular flexibility index (Phi) is 4.60. The number of fused-ring (bicyclic) bond motifs is 1. The van der Waals surface area contributed by atoms with E-state index < -0.39 is 0 Å². The smallest absolute Gasteiger partial charge is 0.269 e. The van der Waals surface area contributed by atoms with Gasteiger partial charge in [-0.15, -0.1) is 0 Å². The summed E-state index contributed by atoms with van der Waals surface area (Å²) in [5.41, 5.74) is 4.52. The summed E-state index contributed by atoms with van der Waals surface area (Å²) in [5, 5.41) is 9.74. The van der Waals surface area contributed by atoms with Crippen molar-refractivity contribution >= 4 is 5.91 Å². The molecule has 0 saturated carbocycles. The molecule has 3 heterocycles. The minimum atomic E-state index is -0.293. The molecule has 1 amide bonds. The van der Waals surface area contributed by atoms with Crippen molar-refractivity contribution in [2.24, 2.45) is 0 Å². The van der Waals surface area contributed by atoms with Crippen molar-refractivity contribution in [1.29, 1.82) is 0 Å². The van der Waals surface area contributed by atoms with Gasteiger partial charge in [0.2, 0.25) is 0 Å². The normalized spacial score (nSPS) is 14.0. The summed E-state index contributed by atoms with van der Waals surface area (Å²) in [5.74, 6) is -0.293. The highest BCUT2D eigenvalue weighted by Gasteiger charge is 2.17. The largest absolute Gasteiger partial charge is 0.346 e. The van der Waals surface area contributed by atoms with E-state index in [-0.39, 0.29) is 18.0 Å². The first-order valence-electron chi connectivity index (χ1n) is 8.91. The molecule has 7 heteroatoms. The number of carbonyl (C=O) groups is 1. The molecule has 1 aliphatic rings. The van der Waals surface area contributed by atoms with Crippen LogP contribution in [0, 0.1) is 0 Å². The monoisotopic (exact) mass is 363 g/mol. The number of benzene rings is 1. The number of hydrogen-bond donors (Lipinski definition) is 3. The standard InChI is InChI=1S/C20H21N5O2/c1-25-8-7-16-15(12-25)9-14(19(26)22-16)11-21-20(27)18-10-17(23-24-18)13-5-3-2-4-6-13/h2-6,9-10H,7-8,11-12H2,1H3,(H,21,27)(H,22,26)(H,23,24). The van der Waals surface area contributed by atoms with Crippen molar-refractivity contribution < 1.29 is 4.79 Å². The quantitative estimate of drug-likeness (QED) is 0.657. The van der Waals surface area contributed by atoms with Crippen molar-refractivity contribution in [2.45, 2.75) is 19.5 Å². The summed E-state index contributed by atoms with van der Waals surface area (Å²) < 4.78 is 0. The molecule has 3 aromatic rings. The molecule has 0 spiro atoms. The second-order valence-electron chi connectivity index (χ2n) is 6.83. The molecule has 0 fully saturated rings. The number of carbonyl (C=O) groups excluding carboxylic acids is 1. The molecule has 138 valence electrons. The van der Waals surface area contributed by atoms with Crippen LogP contribution >= 0.6 is 0 Å². The van der Waals surface area contributed by atoms with E-state index in [1.54, 1.807) is 6.07 Å². The Bertz CT molecular complexity index is 1020. The number of H-pyrrole nitrogens is 2. The highest BCUT2D eigenvalue weighted by atomic mass is 16.2. The summed E-state index contributed by atoms with van der Waals surface area (Å²) in [7, 11) is 2.05. The van der Waals surface area contributed by atoms with Crippen LogP contribution in [0.5, 0.6) is 0 Å². The summed E-state index contributed by atoms with van der Waals surface area (Å²) in [6.07, 6.45) is 0.837. The maximum Gasteiger partial charge on any atom is 0.269 e. The van der Waals surface area contributed by atoms with E-state index >= 15 is 0 Å². The molecule has 7 nitrogen and oxygen atoms in total. The topological polar surface area (TPSA) is 93.9 Å². The van der Waals surface area contributed by atoms with Gasteiger partial charge in [0, 0.05) is 42.9 Å². The third kappa shape index (κ3) is 3.68. The molecule has 0 unspecified atom stereocenters. The minimum Gasteiger partial charge on any atom is -0.346 e. The first-order chi connectivity index (χ1) is 13.1. The summed E-state index contributed by atoms with van der Waals surface area (Å²) in [6, 6.07) is 13.2. The number of pyridine rings is 1. The minimum absolute atomic E-state index is 0.145. The molecule has 2 aromatic heterocycles. The summed E-state index contributed by atoms with van der Waals surface area (Å²) in [4.78, 5) is 29.8. The third-order valence-corrected chi connectivity index (χ3v) is 4.81. The Morgan fingerprint density at radius 1 is 1.26 bits per heavy atom. The highest BCUT2D eigenvalue weighted by Crippen LogP contribution is 2.17. The molecular formula is C20H21N5O2. The van der Waals surface area contributed by atoms with Crippen LogP contribution in [0.4, 0.5) is 0 Å². The SMILES string of the molecule is CN1CCc2[nH]c(=O)c(CNC(=O)c3cc(-c4ccccc4)n[nH]3)cc2C1. The Morgan fingerprint density at radius 3 is 2.89 bits per heavy atom. The van der Waals surface area contributed by atoms with E-state index in [1.165, 1.54) is 0 Å². The van der Waals surface area contributed by atoms with Crippen molar-refractivity contribution in [2.75, 3.05) is 13.6 Å². The van der Waals surface area contributed by atoms with E-state index in [2.05, 4.69) is 32.4 Å². The van der Waals surface area contributed by atoms with Crippen LogP contribution in [-0.4, -0.2) is 39.6 Å². The zero-order valence-electron chi connectivity index (χ0n) is 15.1. The van der Waals surface area contributed by atoms with Gasteiger partial charge >= 0.3 is 0 Å². The van der Waals surface area contributed by atoms with Gasteiger partial charge in [0.05, 0.1) is 5.69 Å². The summed E-state index contributed by atoms with van der Waals surface area (Å²) >= 11 is 0. The maximum atomic E-state index is 12.4. The average Bonchev–Trinajstić information content (AvgIpc) is 3.17. The molecule has 0 bridgehead atoms. The zero-order chi connectivity index (χ0) is 18.8. The van der Waals surface area contributed by atoms with E-state index in [1.807, 2.05) is 36.4 Å². The average molecular weight is 363 g/mol. The Morgan fingerprint density at radius 2 is 2.07 bits per heavy atom. The predicted octanol–water partition coefficient (Wildman–Crippen LogP) is 1.68. The van der Waals surface area contributed by atoms with Gasteiger partial charge in [-0.3, -0.25) is 14.7 Å². The predicted molar refractivity (Wildman–Crippen MR) is 102 cm³/mol. The Hall–Kier alpha value is -3.19. The highest BCUT2D eigenvalue weighted by molar-refractivity contribution is 5.93. The lowest BCUT2D eigenvalue weighted by molar-refractivity contribution is 0.0945. The first-order valence-corrected chi connectivity index (χ1v) is 8.91. The Labute approximate surface area is 156 Å². The molecule has 1 aliphatic heterocycles. The number of nitrogens with zero attached hydrogens (tertiary/aromatic N) is 2. The fraction of sp³-hybridized carbons (Fsp3) is 0.250. The molecule has 0 saturated heterocycles. The van der Waals surface area contributed by atoms with Gasteiger partial charge in [-0.1, -0.05) is 30.3 Å². The van der Waals surface area contributed by atoms with Gasteiger partial charge in [-0.2, -0.15) is 5.10 Å². The van der Waals surface area contributed by atoms with E-state index in [9.17, 15) is 9.59 Å². The second-order valence-corrected chi connectivity index (χ2v) is 6.83. The van der Waals surface area contributed by atoms with Gasteiger partial charge in [0.15, 0.2) is 0 Å². The lowest BCUT2D eigenvalue weighted by Gasteiger charge is -2.24. The molecule has 1 aromatic carbocycles. The number of amides is 1. The third-order valence-electron chi connectivity index (χ3n) is 4.81. The fourth-order valence-corrected chi connectivity index (χ4v) is 3.29. The van der Waals surface area contributed by atoms with Crippen LogP contribution in [0.15, 0.2) is 47.3 Å². The molecular weight excluding hydrogens is 342 g/mol. The molecule has 3 N–H and O–H groups in total. The summed E-state index contributed by atoms with van der Waals surface area (Å²) in [6.45, 7) is 1.90. The molecule has 0 atom stereocenters. The van der Waals surface area contributed by atoms with E-state index in [0.29, 0.717) is 17.0 Å². The van der Waals surface area contributed by atoms with Gasteiger partial charge in [-0.05, 0) is 24.7 Å². The number of nitrogens with one attached hydrogen (secondary N) is 3. The fourth-order valence-electron chi connectivity index (χ4n) is 3.29. The molecule has 0 aliphatic carbocycles. The second kappa shape index (κ2) is 7.20. The lowest BCUT2D eigenvalue weighted by atomic mass is 10.0. The van der Waals surface area contributed by atoms with Crippen molar-refractivity contribution in [1.82, 2.24) is 25.4 Å².